The fourth-order valence-corrected chi connectivity index (χ4v) is 5.84. The van der Waals surface area contributed by atoms with Gasteiger partial charge in [-0.15, -0.1) is 0 Å². The summed E-state index contributed by atoms with van der Waals surface area (Å²) < 4.78 is 91.3. The van der Waals surface area contributed by atoms with Gasteiger partial charge in [0.2, 0.25) is 5.91 Å². The van der Waals surface area contributed by atoms with E-state index in [0.717, 1.165) is 110 Å². The molecule has 3 saturated heterocycles. The zero-order valence-corrected chi connectivity index (χ0v) is 58.1. The summed E-state index contributed by atoms with van der Waals surface area (Å²) in [6.07, 6.45) is 11.4. The van der Waals surface area contributed by atoms with Gasteiger partial charge < -0.3 is 66.3 Å². The molecule has 1 amide bonds. The van der Waals surface area contributed by atoms with Gasteiger partial charge in [-0.05, 0) is 83.5 Å². The van der Waals surface area contributed by atoms with E-state index < -0.39 is 15.9 Å². The predicted octanol–water partition coefficient (Wildman–Crippen LogP) is 5.17. The monoisotopic (exact) mass is 1240 g/mol. The van der Waals surface area contributed by atoms with Crippen LogP contribution in [-0.2, 0) is 95.7 Å². The molecule has 83 heavy (non-hydrogen) atoms. The first-order chi connectivity index (χ1) is 38.9. The van der Waals surface area contributed by atoms with Crippen LogP contribution >= 0.6 is 0 Å². The first kappa shape index (κ1) is 87.5. The van der Waals surface area contributed by atoms with Crippen LogP contribution in [0.25, 0.3) is 0 Å². The van der Waals surface area contributed by atoms with Crippen LogP contribution in [0.4, 0.5) is 0 Å². The van der Waals surface area contributed by atoms with Crippen molar-refractivity contribution in [1.29, 1.82) is 0 Å². The molecule has 486 valence electrons. The number of amides is 1. The fourth-order valence-electron chi connectivity index (χ4n) is 5.37. The summed E-state index contributed by atoms with van der Waals surface area (Å²) in [5.74, 6) is -0.960. The molecule has 3 rings (SSSR count). The number of esters is 5. The molecule has 0 bridgehead atoms. The average molecular weight is 1240 g/mol. The van der Waals surface area contributed by atoms with Crippen LogP contribution in [0, 0.1) is 35.5 Å². The Balaban J connectivity index is -0.000000455. The van der Waals surface area contributed by atoms with Crippen molar-refractivity contribution in [3.05, 3.63) is 0 Å². The Bertz CT molecular complexity index is 1610. The van der Waals surface area contributed by atoms with Crippen LogP contribution < -0.4 is 51.4 Å². The van der Waals surface area contributed by atoms with Crippen molar-refractivity contribution in [3.63, 3.8) is 0 Å². The normalized spacial score (nSPS) is 17.2. The molecule has 0 aromatic heterocycles. The summed E-state index contributed by atoms with van der Waals surface area (Å²) in [6, 6.07) is 0. The van der Waals surface area contributed by atoms with E-state index >= 15 is 0 Å². The van der Waals surface area contributed by atoms with Crippen LogP contribution in [0.15, 0.2) is 0 Å². The topological polar surface area (TPSA) is 284 Å². The molecule has 9 atom stereocenters. The number of epoxide rings is 3. The maximum Gasteiger partial charge on any atom is 1.00 e. The molecule has 3 aliphatic rings. The van der Waals surface area contributed by atoms with Crippen LogP contribution in [0.5, 0.6) is 0 Å². The van der Waals surface area contributed by atoms with Gasteiger partial charge >= 0.3 is 81.2 Å². The zero-order chi connectivity index (χ0) is 62.7. The summed E-state index contributed by atoms with van der Waals surface area (Å²) >= 11 is 0. The van der Waals surface area contributed by atoms with Gasteiger partial charge in [0.25, 0.3) is 0 Å². The van der Waals surface area contributed by atoms with Crippen molar-refractivity contribution in [2.75, 3.05) is 126 Å². The van der Waals surface area contributed by atoms with Crippen LogP contribution in [0.2, 0.25) is 0 Å². The molecule has 0 aromatic carbocycles. The van der Waals surface area contributed by atoms with Gasteiger partial charge in [0.1, 0.15) is 24.9 Å². The smallest absolute Gasteiger partial charge is 0.748 e. The molecule has 0 spiro atoms. The SMILES string of the molecule is CCC(C)C(=O)N(C)C.CCC(C)C(=O)OCCCCOCC1CO1.CCC(C)C(=O)OCCCCOCC1CO1.CCC(C)C(=O)OCCCCOCC1CO1.CCC(C)C(=O)OCCCS(=O)(=O)[O-].CCC(C)C(=O)OCCOC.[K+]. The zero-order valence-electron chi connectivity index (χ0n) is 54.1. The van der Waals surface area contributed by atoms with Crippen molar-refractivity contribution in [2.24, 2.45) is 35.5 Å². The molecule has 3 aliphatic heterocycles. The second kappa shape index (κ2) is 57.8. The summed E-state index contributed by atoms with van der Waals surface area (Å²) in [5.41, 5.74) is 0. The van der Waals surface area contributed by atoms with E-state index in [1.54, 1.807) is 33.0 Å². The maximum absolute atomic E-state index is 11.3. The van der Waals surface area contributed by atoms with E-state index in [0.29, 0.717) is 77.6 Å². The van der Waals surface area contributed by atoms with Gasteiger partial charge in [-0.25, -0.2) is 8.42 Å². The van der Waals surface area contributed by atoms with E-state index in [-0.39, 0.29) is 136 Å². The standard InChI is InChI=1S/3C12H22O4.C8H16O5S.C8H16O3.C7H15NO.K/c3*1-3-10(2)12(13)15-7-5-4-6-14-8-11-9-16-11;1-3-7(2)8(9)13-5-4-6-14(10,11)12;1-4-7(2)8(9)11-6-5-10-3;1-5-6(2)7(9)8(3)4;/h3*10-11H,3-9H2,1-2H3;7H,3-6H2,1-2H3,(H,10,11,12);7H,4-6H2,1-3H3;6H,5H2,1-4H3;/q;;;;;;+1/p-1. The third-order valence-electron chi connectivity index (χ3n) is 12.8. The summed E-state index contributed by atoms with van der Waals surface area (Å²) in [7, 11) is 0.964. The minimum atomic E-state index is -4.19. The van der Waals surface area contributed by atoms with Gasteiger partial charge in [0.15, 0.2) is 0 Å². The Kier molecular flexibility index (Phi) is 61.0. The number of hydrogen-bond donors (Lipinski definition) is 0. The number of unbranched alkanes of at least 4 members (excludes halogenated alkanes) is 3. The van der Waals surface area contributed by atoms with Crippen molar-refractivity contribution < 1.29 is 150 Å². The number of nitrogens with zero attached hydrogens (tertiary/aromatic N) is 1. The van der Waals surface area contributed by atoms with Gasteiger partial charge in [-0.2, -0.15) is 0 Å². The Morgan fingerprint density at radius 2 is 0.675 bits per heavy atom. The summed E-state index contributed by atoms with van der Waals surface area (Å²) in [5, 5.41) is 0. The van der Waals surface area contributed by atoms with E-state index in [2.05, 4.69) is 0 Å². The van der Waals surface area contributed by atoms with Crippen LogP contribution in [0.3, 0.4) is 0 Å². The molecule has 0 aromatic rings. The van der Waals surface area contributed by atoms with E-state index in [1.807, 2.05) is 76.2 Å². The van der Waals surface area contributed by atoms with Crippen molar-refractivity contribution in [1.82, 2.24) is 4.90 Å². The van der Waals surface area contributed by atoms with Crippen molar-refractivity contribution >= 4 is 45.9 Å². The Hall–Kier alpha value is -1.91. The maximum atomic E-state index is 11.3. The van der Waals surface area contributed by atoms with Gasteiger partial charge in [0.05, 0.1) is 112 Å². The van der Waals surface area contributed by atoms with E-state index in [4.69, 9.17) is 56.8 Å². The molecule has 3 heterocycles. The van der Waals surface area contributed by atoms with Gasteiger partial charge in [-0.1, -0.05) is 83.1 Å². The average Bonchev–Trinajstić information content (AvgIpc) is 4.31. The first-order valence-corrected chi connectivity index (χ1v) is 31.5. The number of ether oxygens (including phenoxy) is 12. The third-order valence-corrected chi connectivity index (χ3v) is 13.6. The number of carbonyl (C=O) groups excluding carboxylic acids is 6. The molecule has 9 unspecified atom stereocenters. The molecule has 22 nitrogen and oxygen atoms in total. The second-order valence-corrected chi connectivity index (χ2v) is 22.3. The molecule has 0 aliphatic carbocycles. The molecular formula is C59H112KNO21S. The Morgan fingerprint density at radius 3 is 0.880 bits per heavy atom. The minimum absolute atomic E-state index is 0. The molecule has 0 N–H and O–H groups in total. The molecule has 3 fully saturated rings. The number of carbonyl (C=O) groups is 6. The second-order valence-electron chi connectivity index (χ2n) is 20.7. The number of methoxy groups -OCH3 is 1. The Labute approximate surface area is 543 Å². The first-order valence-electron chi connectivity index (χ1n) is 29.9. The van der Waals surface area contributed by atoms with Crippen molar-refractivity contribution in [3.8, 4) is 0 Å². The molecule has 0 radical (unpaired) electrons. The van der Waals surface area contributed by atoms with Gasteiger partial charge in [-0.3, -0.25) is 28.8 Å². The van der Waals surface area contributed by atoms with Gasteiger partial charge in [0, 0.05) is 52.7 Å². The quantitative estimate of drug-likeness (QED) is 0.0191. The minimum Gasteiger partial charge on any atom is -0.748 e. The molecule has 24 heteroatoms. The van der Waals surface area contributed by atoms with E-state index in [9.17, 15) is 41.7 Å². The predicted molar refractivity (Wildman–Crippen MR) is 311 cm³/mol. The summed E-state index contributed by atoms with van der Waals surface area (Å²) in [6.45, 7) is 32.1. The Morgan fingerprint density at radius 1 is 0.434 bits per heavy atom. The van der Waals surface area contributed by atoms with Crippen molar-refractivity contribution in [2.45, 2.75) is 185 Å². The number of rotatable bonds is 40. The number of hydrogen-bond acceptors (Lipinski definition) is 21. The molecular weight excluding hydrogens is 1130 g/mol. The fraction of sp³-hybridized carbons (Fsp3) is 0.898. The third kappa shape index (κ3) is 60.2. The van der Waals surface area contributed by atoms with E-state index in [1.165, 1.54) is 0 Å². The summed E-state index contributed by atoms with van der Waals surface area (Å²) in [4.78, 5) is 68.5. The van der Waals surface area contributed by atoms with Crippen LogP contribution in [0.1, 0.15) is 167 Å². The van der Waals surface area contributed by atoms with Crippen LogP contribution in [-0.4, -0.2) is 198 Å². The largest absolute Gasteiger partial charge is 1.00 e. The molecule has 0 saturated carbocycles.